The van der Waals surface area contributed by atoms with Crippen LogP contribution in [-0.4, -0.2) is 57.6 Å². The second-order valence-corrected chi connectivity index (χ2v) is 6.61. The van der Waals surface area contributed by atoms with Gasteiger partial charge in [0.25, 0.3) is 0 Å². The minimum atomic E-state index is 0.591. The molecule has 0 bridgehead atoms. The molecule has 6 heteroatoms. The summed E-state index contributed by atoms with van der Waals surface area (Å²) in [6, 6.07) is 9.96. The van der Waals surface area contributed by atoms with Gasteiger partial charge in [0.2, 0.25) is 5.88 Å². The van der Waals surface area contributed by atoms with E-state index < -0.39 is 0 Å². The number of para-hydroxylation sites is 1. The lowest BCUT2D eigenvalue weighted by molar-refractivity contribution is 0.145. The van der Waals surface area contributed by atoms with E-state index in [1.807, 2.05) is 31.4 Å². The summed E-state index contributed by atoms with van der Waals surface area (Å²) in [5.74, 6) is 2.21. The van der Waals surface area contributed by atoms with Gasteiger partial charge in [-0.2, -0.15) is 4.98 Å². The van der Waals surface area contributed by atoms with Crippen LogP contribution in [-0.2, 0) is 13.6 Å². The molecule has 4 rings (SSSR count). The summed E-state index contributed by atoms with van der Waals surface area (Å²) in [5, 5.41) is 1.16. The molecular formula is C19H23N5O. The predicted octanol–water partition coefficient (Wildman–Crippen LogP) is 2.51. The summed E-state index contributed by atoms with van der Waals surface area (Å²) in [6.45, 7) is 5.04. The first kappa shape index (κ1) is 16.1. The van der Waals surface area contributed by atoms with Crippen molar-refractivity contribution < 1.29 is 4.74 Å². The van der Waals surface area contributed by atoms with E-state index in [4.69, 9.17) is 4.74 Å². The highest BCUT2D eigenvalue weighted by atomic mass is 16.5. The summed E-state index contributed by atoms with van der Waals surface area (Å²) >= 11 is 0. The van der Waals surface area contributed by atoms with Gasteiger partial charge < -0.3 is 14.2 Å². The predicted molar refractivity (Wildman–Crippen MR) is 97.8 cm³/mol. The molecule has 0 aliphatic carbocycles. The number of benzene rings is 1. The zero-order chi connectivity index (χ0) is 17.2. The molecule has 0 unspecified atom stereocenters. The van der Waals surface area contributed by atoms with E-state index in [1.54, 1.807) is 6.20 Å². The molecule has 1 saturated heterocycles. The van der Waals surface area contributed by atoms with E-state index in [-0.39, 0.29) is 0 Å². The first-order valence-electron chi connectivity index (χ1n) is 8.64. The van der Waals surface area contributed by atoms with Gasteiger partial charge >= 0.3 is 0 Å². The number of aryl methyl sites for hydroxylation is 1. The highest BCUT2D eigenvalue weighted by Gasteiger charge is 2.15. The van der Waals surface area contributed by atoms with Gasteiger partial charge in [0.15, 0.2) is 5.75 Å². The smallest absolute Gasteiger partial charge is 0.222 e. The van der Waals surface area contributed by atoms with Crippen molar-refractivity contribution in [3.05, 3.63) is 48.5 Å². The van der Waals surface area contributed by atoms with E-state index in [0.29, 0.717) is 5.88 Å². The normalized spacial score (nSPS) is 16.4. The lowest BCUT2D eigenvalue weighted by Crippen LogP contribution is -2.44. The van der Waals surface area contributed by atoms with Crippen molar-refractivity contribution in [2.75, 3.05) is 33.2 Å². The van der Waals surface area contributed by atoms with Crippen LogP contribution >= 0.6 is 0 Å². The van der Waals surface area contributed by atoms with E-state index in [2.05, 4.69) is 43.5 Å². The molecule has 0 spiro atoms. The Morgan fingerprint density at radius 1 is 1.04 bits per heavy atom. The number of hydrogen-bond donors (Lipinski definition) is 0. The van der Waals surface area contributed by atoms with Crippen molar-refractivity contribution in [2.45, 2.75) is 6.54 Å². The Bertz CT molecular complexity index is 867. The van der Waals surface area contributed by atoms with Crippen LogP contribution in [0.15, 0.2) is 42.7 Å². The number of piperazine rings is 1. The molecule has 130 valence electrons. The summed E-state index contributed by atoms with van der Waals surface area (Å²) in [5.41, 5.74) is 1.07. The molecule has 1 aliphatic heterocycles. The molecule has 1 aliphatic rings. The number of ether oxygens (including phenoxy) is 1. The van der Waals surface area contributed by atoms with Crippen molar-refractivity contribution in [3.63, 3.8) is 0 Å². The Balaban J connectivity index is 1.52. The SMILES string of the molecule is CN1CCN(Cc2nccc(Oc3cccc4ccn(C)c34)n2)CC1. The maximum absolute atomic E-state index is 6.08. The molecular weight excluding hydrogens is 314 g/mol. The minimum absolute atomic E-state index is 0.591. The first-order chi connectivity index (χ1) is 12.2. The number of rotatable bonds is 4. The lowest BCUT2D eigenvalue weighted by Gasteiger charge is -2.31. The number of fused-ring (bicyclic) bond motifs is 1. The van der Waals surface area contributed by atoms with Gasteiger partial charge in [-0.1, -0.05) is 12.1 Å². The average Bonchev–Trinajstić information content (AvgIpc) is 3.00. The Morgan fingerprint density at radius 3 is 2.72 bits per heavy atom. The van der Waals surface area contributed by atoms with Gasteiger partial charge in [-0.15, -0.1) is 0 Å². The Kier molecular flexibility index (Phi) is 4.38. The summed E-state index contributed by atoms with van der Waals surface area (Å²) < 4.78 is 8.15. The highest BCUT2D eigenvalue weighted by Crippen LogP contribution is 2.29. The molecule has 1 aromatic carbocycles. The molecule has 25 heavy (non-hydrogen) atoms. The molecule has 2 aromatic heterocycles. The van der Waals surface area contributed by atoms with Crippen LogP contribution < -0.4 is 4.74 Å². The molecule has 0 radical (unpaired) electrons. The van der Waals surface area contributed by atoms with Crippen LogP contribution in [0, 0.1) is 0 Å². The topological polar surface area (TPSA) is 46.4 Å². The van der Waals surface area contributed by atoms with Crippen LogP contribution in [0.5, 0.6) is 11.6 Å². The molecule has 1 fully saturated rings. The second kappa shape index (κ2) is 6.82. The van der Waals surface area contributed by atoms with E-state index >= 15 is 0 Å². The van der Waals surface area contributed by atoms with Gasteiger partial charge in [0, 0.05) is 57.1 Å². The minimum Gasteiger partial charge on any atom is -0.437 e. The fourth-order valence-electron chi connectivity index (χ4n) is 3.23. The van der Waals surface area contributed by atoms with Crippen molar-refractivity contribution in [3.8, 4) is 11.6 Å². The zero-order valence-corrected chi connectivity index (χ0v) is 14.7. The molecule has 3 heterocycles. The fraction of sp³-hybridized carbons (Fsp3) is 0.368. The summed E-state index contributed by atoms with van der Waals surface area (Å²) in [4.78, 5) is 13.7. The third-order valence-electron chi connectivity index (χ3n) is 4.72. The van der Waals surface area contributed by atoms with Crippen molar-refractivity contribution in [1.29, 1.82) is 0 Å². The number of aromatic nitrogens is 3. The lowest BCUT2D eigenvalue weighted by atomic mass is 10.2. The first-order valence-corrected chi connectivity index (χ1v) is 8.64. The molecule has 3 aromatic rings. The van der Waals surface area contributed by atoms with Crippen molar-refractivity contribution in [1.82, 2.24) is 24.3 Å². The van der Waals surface area contributed by atoms with Crippen LogP contribution in [0.3, 0.4) is 0 Å². The average molecular weight is 337 g/mol. The number of hydrogen-bond acceptors (Lipinski definition) is 5. The molecule has 0 saturated carbocycles. The molecule has 0 amide bonds. The Hall–Kier alpha value is -2.44. The maximum Gasteiger partial charge on any atom is 0.222 e. The van der Waals surface area contributed by atoms with Crippen LogP contribution in [0.25, 0.3) is 10.9 Å². The van der Waals surface area contributed by atoms with E-state index in [1.165, 1.54) is 0 Å². The van der Waals surface area contributed by atoms with E-state index in [9.17, 15) is 0 Å². The largest absolute Gasteiger partial charge is 0.437 e. The summed E-state index contributed by atoms with van der Waals surface area (Å²) in [7, 11) is 4.18. The van der Waals surface area contributed by atoms with E-state index in [0.717, 1.165) is 55.2 Å². The molecule has 0 atom stereocenters. The summed E-state index contributed by atoms with van der Waals surface area (Å²) in [6.07, 6.45) is 3.81. The third kappa shape index (κ3) is 3.50. The quantitative estimate of drug-likeness (QED) is 0.732. The van der Waals surface area contributed by atoms with Crippen LogP contribution in [0.2, 0.25) is 0 Å². The van der Waals surface area contributed by atoms with Crippen molar-refractivity contribution >= 4 is 10.9 Å². The standard InChI is InChI=1S/C19H23N5O/c1-22-10-12-24(13-11-22)14-17-20-8-6-18(21-17)25-16-5-3-4-15-7-9-23(2)19(15)16/h3-9H,10-14H2,1-2H3. The van der Waals surface area contributed by atoms with Crippen molar-refractivity contribution in [2.24, 2.45) is 7.05 Å². The second-order valence-electron chi connectivity index (χ2n) is 6.61. The van der Waals surface area contributed by atoms with Gasteiger partial charge in [-0.05, 0) is 19.2 Å². The van der Waals surface area contributed by atoms with Crippen LogP contribution in [0.4, 0.5) is 0 Å². The molecule has 6 nitrogen and oxygen atoms in total. The van der Waals surface area contributed by atoms with Gasteiger partial charge in [-0.25, -0.2) is 4.98 Å². The monoisotopic (exact) mass is 337 g/mol. The number of nitrogens with zero attached hydrogens (tertiary/aromatic N) is 5. The Morgan fingerprint density at radius 2 is 1.88 bits per heavy atom. The fourth-order valence-corrected chi connectivity index (χ4v) is 3.23. The van der Waals surface area contributed by atoms with Gasteiger partial charge in [0.1, 0.15) is 5.82 Å². The highest BCUT2D eigenvalue weighted by molar-refractivity contribution is 5.86. The van der Waals surface area contributed by atoms with Crippen LogP contribution in [0.1, 0.15) is 5.82 Å². The maximum atomic E-state index is 6.08. The third-order valence-corrected chi connectivity index (χ3v) is 4.72. The Labute approximate surface area is 147 Å². The number of likely N-dealkylation sites (N-methyl/N-ethyl adjacent to an activating group) is 1. The van der Waals surface area contributed by atoms with Gasteiger partial charge in [-0.3, -0.25) is 4.90 Å². The molecule has 0 N–H and O–H groups in total. The zero-order valence-electron chi connectivity index (χ0n) is 14.7. The van der Waals surface area contributed by atoms with Gasteiger partial charge in [0.05, 0.1) is 12.1 Å².